The van der Waals surface area contributed by atoms with E-state index in [1.54, 1.807) is 6.92 Å². The minimum Gasteiger partial charge on any atom is -0.466 e. The van der Waals surface area contributed by atoms with Gasteiger partial charge in [0.05, 0.1) is 25.2 Å². The highest BCUT2D eigenvalue weighted by Crippen LogP contribution is 1.95. The van der Waals surface area contributed by atoms with Crippen LogP contribution in [0.1, 0.15) is 34.1 Å². The van der Waals surface area contributed by atoms with E-state index in [2.05, 4.69) is 0 Å². The first-order valence-corrected chi connectivity index (χ1v) is 4.04. The molecule has 0 saturated heterocycles. The summed E-state index contributed by atoms with van der Waals surface area (Å²) in [5.41, 5.74) is 0. The molecule has 0 rings (SSSR count). The van der Waals surface area contributed by atoms with Crippen LogP contribution in [0.3, 0.4) is 0 Å². The van der Waals surface area contributed by atoms with Gasteiger partial charge >= 0.3 is 5.97 Å². The first kappa shape index (κ1) is 14.9. The summed E-state index contributed by atoms with van der Waals surface area (Å²) in [6, 6.07) is 0. The van der Waals surface area contributed by atoms with Crippen LogP contribution in [-0.2, 0) is 9.53 Å². The van der Waals surface area contributed by atoms with Crippen molar-refractivity contribution in [2.45, 2.75) is 46.3 Å². The molecule has 0 radical (unpaired) electrons. The Labute approximate surface area is 79.5 Å². The summed E-state index contributed by atoms with van der Waals surface area (Å²) in [6.45, 7) is 3.36. The van der Waals surface area contributed by atoms with E-state index < -0.39 is 18.2 Å². The third-order valence-electron chi connectivity index (χ3n) is 1.26. The molecule has 0 aliphatic carbocycles. The maximum Gasteiger partial charge on any atom is 0.308 e. The Hall–Kier alpha value is -0.610. The van der Waals surface area contributed by atoms with E-state index in [4.69, 9.17) is 14.9 Å². The molecule has 0 aliphatic heterocycles. The number of hydrogen-bond donors (Lipinski definition) is 2. The zero-order chi connectivity index (χ0) is 9.56. The van der Waals surface area contributed by atoms with E-state index in [9.17, 15) is 4.79 Å². The molecule has 2 atom stereocenters. The van der Waals surface area contributed by atoms with Crippen LogP contribution in [0.25, 0.3) is 0 Å². The zero-order valence-electron chi connectivity index (χ0n) is 7.49. The number of rotatable bonds is 5. The van der Waals surface area contributed by atoms with Crippen molar-refractivity contribution in [2.75, 3.05) is 6.61 Å². The van der Waals surface area contributed by atoms with E-state index in [1.165, 1.54) is 6.92 Å². The number of esters is 1. The monoisotopic (exact) mass is 192 g/mol. The number of aliphatic hydroxyl groups excluding tert-OH is 2. The molecule has 0 spiro atoms. The summed E-state index contributed by atoms with van der Waals surface area (Å²) in [4.78, 5) is 10.8. The highest BCUT2D eigenvalue weighted by molar-refractivity contribution is 5.69. The molecule has 0 aromatic heterocycles. The van der Waals surface area contributed by atoms with Gasteiger partial charge < -0.3 is 14.9 Å². The number of hydrogen-bond acceptors (Lipinski definition) is 4. The summed E-state index contributed by atoms with van der Waals surface area (Å²) in [5, 5.41) is 17.6. The highest BCUT2D eigenvalue weighted by Gasteiger charge is 2.07. The SMILES string of the molecule is C.C[C@@H](O)CCOC(=O)C[C@@H](C)O. The quantitative estimate of drug-likeness (QED) is 0.629. The van der Waals surface area contributed by atoms with Crippen molar-refractivity contribution in [2.24, 2.45) is 0 Å². The Morgan fingerprint density at radius 3 is 2.23 bits per heavy atom. The van der Waals surface area contributed by atoms with Gasteiger partial charge in [-0.3, -0.25) is 4.79 Å². The van der Waals surface area contributed by atoms with E-state index in [0.717, 1.165) is 0 Å². The number of carbonyl (C=O) groups excluding carboxylic acids is 1. The van der Waals surface area contributed by atoms with Gasteiger partial charge in [0.2, 0.25) is 0 Å². The Kier molecular flexibility index (Phi) is 9.17. The molecular weight excluding hydrogens is 172 g/mol. The molecule has 13 heavy (non-hydrogen) atoms. The van der Waals surface area contributed by atoms with Crippen LogP contribution < -0.4 is 0 Å². The molecule has 0 heterocycles. The van der Waals surface area contributed by atoms with Gasteiger partial charge in [0, 0.05) is 6.42 Å². The zero-order valence-corrected chi connectivity index (χ0v) is 7.49. The van der Waals surface area contributed by atoms with Crippen molar-refractivity contribution in [1.29, 1.82) is 0 Å². The lowest BCUT2D eigenvalue weighted by molar-refractivity contribution is -0.146. The van der Waals surface area contributed by atoms with E-state index >= 15 is 0 Å². The van der Waals surface area contributed by atoms with Crippen molar-refractivity contribution in [3.8, 4) is 0 Å². The van der Waals surface area contributed by atoms with Gasteiger partial charge in [-0.1, -0.05) is 7.43 Å². The van der Waals surface area contributed by atoms with Crippen LogP contribution in [0, 0.1) is 0 Å². The molecule has 0 bridgehead atoms. The molecule has 4 nitrogen and oxygen atoms in total. The van der Waals surface area contributed by atoms with Crippen LogP contribution in [-0.4, -0.2) is 35.0 Å². The molecule has 0 aromatic rings. The van der Waals surface area contributed by atoms with Gasteiger partial charge in [0.15, 0.2) is 0 Å². The molecule has 4 heteroatoms. The van der Waals surface area contributed by atoms with Crippen molar-refractivity contribution in [3.05, 3.63) is 0 Å². The van der Waals surface area contributed by atoms with Gasteiger partial charge in [-0.25, -0.2) is 0 Å². The van der Waals surface area contributed by atoms with Crippen LogP contribution in [0.2, 0.25) is 0 Å². The Bertz CT molecular complexity index is 132. The average molecular weight is 192 g/mol. The first-order chi connectivity index (χ1) is 5.52. The molecule has 2 N–H and O–H groups in total. The minimum atomic E-state index is -0.663. The molecule has 0 unspecified atom stereocenters. The van der Waals surface area contributed by atoms with E-state index in [0.29, 0.717) is 6.42 Å². The highest BCUT2D eigenvalue weighted by atomic mass is 16.5. The van der Waals surface area contributed by atoms with E-state index in [1.807, 2.05) is 0 Å². The van der Waals surface area contributed by atoms with Crippen LogP contribution in [0.15, 0.2) is 0 Å². The lowest BCUT2D eigenvalue weighted by atomic mass is 10.3. The third kappa shape index (κ3) is 11.4. The number of ether oxygens (including phenoxy) is 1. The van der Waals surface area contributed by atoms with Crippen molar-refractivity contribution in [1.82, 2.24) is 0 Å². The largest absolute Gasteiger partial charge is 0.466 e. The van der Waals surface area contributed by atoms with Gasteiger partial charge in [-0.15, -0.1) is 0 Å². The summed E-state index contributed by atoms with van der Waals surface area (Å²) in [7, 11) is 0. The second-order valence-corrected chi connectivity index (χ2v) is 2.91. The van der Waals surface area contributed by atoms with Crippen LogP contribution in [0.5, 0.6) is 0 Å². The maximum atomic E-state index is 10.8. The van der Waals surface area contributed by atoms with E-state index in [-0.39, 0.29) is 20.5 Å². The fraction of sp³-hybridized carbons (Fsp3) is 0.889. The lowest BCUT2D eigenvalue weighted by Crippen LogP contribution is -2.15. The molecular formula is C9H20O4. The number of aliphatic hydroxyl groups is 2. The standard InChI is InChI=1S/C8H16O4.CH4/c1-6(9)3-4-12-8(11)5-7(2)10;/h6-7,9-10H,3-5H2,1-2H3;1H4/t6-,7-;/m1./s1. The number of carbonyl (C=O) groups is 1. The normalized spacial score (nSPS) is 14.2. The van der Waals surface area contributed by atoms with Crippen LogP contribution in [0.4, 0.5) is 0 Å². The fourth-order valence-electron chi connectivity index (χ4n) is 0.643. The van der Waals surface area contributed by atoms with Gasteiger partial charge in [0.25, 0.3) is 0 Å². The van der Waals surface area contributed by atoms with Crippen LogP contribution >= 0.6 is 0 Å². The molecule has 0 aliphatic rings. The summed E-state index contributed by atoms with van der Waals surface area (Å²) < 4.78 is 4.70. The fourth-order valence-corrected chi connectivity index (χ4v) is 0.643. The molecule has 0 fully saturated rings. The second-order valence-electron chi connectivity index (χ2n) is 2.91. The maximum absolute atomic E-state index is 10.8. The topological polar surface area (TPSA) is 66.8 Å². The molecule has 0 saturated carbocycles. The Morgan fingerprint density at radius 1 is 1.31 bits per heavy atom. The summed E-state index contributed by atoms with van der Waals surface area (Å²) in [6.07, 6.45) is -0.667. The minimum absolute atomic E-state index is 0. The van der Waals surface area contributed by atoms with Crippen molar-refractivity contribution in [3.63, 3.8) is 0 Å². The van der Waals surface area contributed by atoms with Gasteiger partial charge in [-0.05, 0) is 13.8 Å². The Balaban J connectivity index is 0. The lowest BCUT2D eigenvalue weighted by Gasteiger charge is -2.06. The average Bonchev–Trinajstić information content (AvgIpc) is 1.84. The Morgan fingerprint density at radius 2 is 1.85 bits per heavy atom. The second kappa shape index (κ2) is 8.01. The molecule has 0 aromatic carbocycles. The van der Waals surface area contributed by atoms with Crippen molar-refractivity contribution >= 4 is 5.97 Å². The van der Waals surface area contributed by atoms with Gasteiger partial charge in [0.1, 0.15) is 0 Å². The molecule has 80 valence electrons. The third-order valence-corrected chi connectivity index (χ3v) is 1.26. The molecule has 0 amide bonds. The van der Waals surface area contributed by atoms with Crippen molar-refractivity contribution < 1.29 is 19.7 Å². The smallest absolute Gasteiger partial charge is 0.308 e. The van der Waals surface area contributed by atoms with Gasteiger partial charge in [-0.2, -0.15) is 0 Å². The first-order valence-electron chi connectivity index (χ1n) is 4.04. The summed E-state index contributed by atoms with van der Waals surface area (Å²) in [5.74, 6) is -0.425. The summed E-state index contributed by atoms with van der Waals surface area (Å²) >= 11 is 0. The predicted molar refractivity (Wildman–Crippen MR) is 50.3 cm³/mol. The predicted octanol–water partition coefficient (Wildman–Crippen LogP) is 0.708.